The predicted octanol–water partition coefficient (Wildman–Crippen LogP) is 2.94. The molecule has 0 atom stereocenters. The Labute approximate surface area is 169 Å². The molecule has 4 N–H and O–H groups in total. The van der Waals surface area contributed by atoms with Crippen molar-refractivity contribution in [2.75, 3.05) is 17.7 Å². The van der Waals surface area contributed by atoms with Crippen LogP contribution in [0.1, 0.15) is 31.1 Å². The molecule has 0 aliphatic heterocycles. The van der Waals surface area contributed by atoms with Crippen molar-refractivity contribution in [3.8, 4) is 5.75 Å². The normalized spacial score (nSPS) is 11.5. The number of ether oxygens (including phenoxy) is 2. The lowest BCUT2D eigenvalue weighted by Crippen LogP contribution is -2.27. The van der Waals surface area contributed by atoms with Gasteiger partial charge >= 0.3 is 6.09 Å². The summed E-state index contributed by atoms with van der Waals surface area (Å²) in [6, 6.07) is 10.2. The van der Waals surface area contributed by atoms with Crippen LogP contribution in [0.4, 0.5) is 16.2 Å². The summed E-state index contributed by atoms with van der Waals surface area (Å²) in [5, 5.41) is 10.3. The Morgan fingerprint density at radius 2 is 1.55 bits per heavy atom. The van der Waals surface area contributed by atoms with Crippen molar-refractivity contribution in [3.63, 3.8) is 0 Å². The third-order valence-corrected chi connectivity index (χ3v) is 4.45. The molecule has 0 aliphatic rings. The third kappa shape index (κ3) is 6.47. The molecule has 29 heavy (non-hydrogen) atoms. The monoisotopic (exact) mass is 421 g/mol. The van der Waals surface area contributed by atoms with E-state index in [0.717, 1.165) is 0 Å². The van der Waals surface area contributed by atoms with Gasteiger partial charge in [-0.05, 0) is 63.2 Å². The highest BCUT2D eigenvalue weighted by Gasteiger charge is 2.18. The van der Waals surface area contributed by atoms with E-state index in [-0.39, 0.29) is 16.3 Å². The summed E-state index contributed by atoms with van der Waals surface area (Å²) in [4.78, 5) is 23.9. The second-order valence-corrected chi connectivity index (χ2v) is 8.60. The Hall–Kier alpha value is -3.11. The quantitative estimate of drug-likeness (QED) is 0.679. The molecule has 0 aliphatic carbocycles. The summed E-state index contributed by atoms with van der Waals surface area (Å²) < 4.78 is 33.5. The lowest BCUT2D eigenvalue weighted by atomic mass is 10.2. The zero-order valence-electron chi connectivity index (χ0n) is 16.5. The first-order chi connectivity index (χ1) is 13.4. The van der Waals surface area contributed by atoms with Gasteiger partial charge in [0.05, 0.1) is 7.11 Å². The molecule has 0 fully saturated rings. The average molecular weight is 421 g/mol. The van der Waals surface area contributed by atoms with Crippen LogP contribution in [0.25, 0.3) is 0 Å². The van der Waals surface area contributed by atoms with Crippen molar-refractivity contribution in [1.82, 2.24) is 0 Å². The fraction of sp³-hybridized carbons (Fsp3) is 0.263. The first-order valence-electron chi connectivity index (χ1n) is 8.51. The first kappa shape index (κ1) is 22.2. The highest BCUT2D eigenvalue weighted by atomic mass is 32.2. The van der Waals surface area contributed by atoms with Gasteiger partial charge in [-0.15, -0.1) is 0 Å². The first-order valence-corrected chi connectivity index (χ1v) is 10.1. The maximum atomic E-state index is 12.4. The van der Waals surface area contributed by atoms with Crippen molar-refractivity contribution in [1.29, 1.82) is 0 Å². The number of nitrogens with two attached hydrogens (primary N) is 1. The minimum atomic E-state index is -4.03. The molecular weight excluding hydrogens is 398 g/mol. The van der Waals surface area contributed by atoms with Crippen LogP contribution in [0.15, 0.2) is 47.4 Å². The van der Waals surface area contributed by atoms with E-state index in [0.29, 0.717) is 11.3 Å². The molecule has 2 amide bonds. The topological polar surface area (TPSA) is 137 Å². The van der Waals surface area contributed by atoms with Crippen molar-refractivity contribution >= 4 is 33.4 Å². The second kappa shape index (κ2) is 8.50. The van der Waals surface area contributed by atoms with E-state index in [1.165, 1.54) is 37.4 Å². The van der Waals surface area contributed by atoms with Gasteiger partial charge in [0.1, 0.15) is 16.2 Å². The van der Waals surface area contributed by atoms with Gasteiger partial charge in [0, 0.05) is 16.9 Å². The Kier molecular flexibility index (Phi) is 6.50. The van der Waals surface area contributed by atoms with E-state index in [1.807, 2.05) is 0 Å². The Morgan fingerprint density at radius 1 is 0.966 bits per heavy atom. The van der Waals surface area contributed by atoms with Gasteiger partial charge in [0.2, 0.25) is 10.0 Å². The molecule has 0 saturated heterocycles. The summed E-state index contributed by atoms with van der Waals surface area (Å²) in [5.74, 6) is -0.401. The predicted molar refractivity (Wildman–Crippen MR) is 109 cm³/mol. The third-order valence-electron chi connectivity index (χ3n) is 3.52. The summed E-state index contributed by atoms with van der Waals surface area (Å²) >= 11 is 0. The van der Waals surface area contributed by atoms with Crippen LogP contribution >= 0.6 is 0 Å². The van der Waals surface area contributed by atoms with Gasteiger partial charge in [0.25, 0.3) is 5.91 Å². The van der Waals surface area contributed by atoms with Crippen molar-refractivity contribution in [2.45, 2.75) is 31.3 Å². The SMILES string of the molecule is COc1ccc(NC(=O)c2ccc(NC(=O)OC(C)(C)C)cc2)cc1S(N)(=O)=O. The standard InChI is InChI=1S/C19H23N3O6S/c1-19(2,3)28-18(24)22-13-7-5-12(6-8-13)17(23)21-14-9-10-15(27-4)16(11-14)29(20,25)26/h5-11H,1-4H3,(H,21,23)(H,22,24)(H2,20,25,26). The fourth-order valence-electron chi connectivity index (χ4n) is 2.31. The maximum absolute atomic E-state index is 12.4. The molecule has 2 rings (SSSR count). The fourth-order valence-corrected chi connectivity index (χ4v) is 3.03. The van der Waals surface area contributed by atoms with Gasteiger partial charge in [-0.2, -0.15) is 0 Å². The van der Waals surface area contributed by atoms with Crippen LogP contribution in [-0.4, -0.2) is 33.1 Å². The molecule has 0 heterocycles. The second-order valence-electron chi connectivity index (χ2n) is 7.07. The molecule has 0 unspecified atom stereocenters. The molecule has 9 nitrogen and oxygen atoms in total. The van der Waals surface area contributed by atoms with Gasteiger partial charge < -0.3 is 14.8 Å². The van der Waals surface area contributed by atoms with Crippen molar-refractivity contribution in [3.05, 3.63) is 48.0 Å². The minimum Gasteiger partial charge on any atom is -0.495 e. The zero-order chi connectivity index (χ0) is 21.8. The number of nitrogens with one attached hydrogen (secondary N) is 2. The Morgan fingerprint density at radius 3 is 2.07 bits per heavy atom. The van der Waals surface area contributed by atoms with Crippen LogP contribution < -0.4 is 20.5 Å². The molecule has 0 saturated carbocycles. The number of anilines is 2. The molecule has 2 aromatic carbocycles. The number of sulfonamides is 1. The van der Waals surface area contributed by atoms with Gasteiger partial charge in [-0.1, -0.05) is 0 Å². The summed E-state index contributed by atoms with van der Waals surface area (Å²) in [6.45, 7) is 5.25. The summed E-state index contributed by atoms with van der Waals surface area (Å²) in [7, 11) is -2.71. The highest BCUT2D eigenvalue weighted by molar-refractivity contribution is 7.89. The number of rotatable bonds is 5. The van der Waals surface area contributed by atoms with E-state index >= 15 is 0 Å². The molecule has 0 radical (unpaired) electrons. The molecular formula is C19H23N3O6S. The Balaban J connectivity index is 2.11. The largest absolute Gasteiger partial charge is 0.495 e. The summed E-state index contributed by atoms with van der Waals surface area (Å²) in [6.07, 6.45) is -0.608. The molecule has 10 heteroatoms. The van der Waals surface area contributed by atoms with Crippen LogP contribution in [0, 0.1) is 0 Å². The molecule has 0 aromatic heterocycles. The zero-order valence-corrected chi connectivity index (χ0v) is 17.3. The van der Waals surface area contributed by atoms with E-state index < -0.39 is 27.6 Å². The van der Waals surface area contributed by atoms with Crippen LogP contribution in [0.3, 0.4) is 0 Å². The highest BCUT2D eigenvalue weighted by Crippen LogP contribution is 2.26. The van der Waals surface area contributed by atoms with Gasteiger partial charge in [-0.25, -0.2) is 18.4 Å². The molecule has 2 aromatic rings. The number of carbonyl (C=O) groups excluding carboxylic acids is 2. The van der Waals surface area contributed by atoms with E-state index in [1.54, 1.807) is 32.9 Å². The van der Waals surface area contributed by atoms with Gasteiger partial charge in [0.15, 0.2) is 0 Å². The number of carbonyl (C=O) groups is 2. The number of methoxy groups -OCH3 is 1. The summed E-state index contributed by atoms with van der Waals surface area (Å²) in [5.41, 5.74) is 0.359. The van der Waals surface area contributed by atoms with E-state index in [4.69, 9.17) is 14.6 Å². The molecule has 156 valence electrons. The lowest BCUT2D eigenvalue weighted by molar-refractivity contribution is 0.0635. The molecule has 0 spiro atoms. The number of primary sulfonamides is 1. The number of hydrogen-bond acceptors (Lipinski definition) is 6. The van der Waals surface area contributed by atoms with Crippen LogP contribution in [-0.2, 0) is 14.8 Å². The number of benzene rings is 2. The van der Waals surface area contributed by atoms with Crippen molar-refractivity contribution in [2.24, 2.45) is 5.14 Å². The van der Waals surface area contributed by atoms with Gasteiger partial charge in [-0.3, -0.25) is 10.1 Å². The Bertz CT molecular complexity index is 1010. The lowest BCUT2D eigenvalue weighted by Gasteiger charge is -2.19. The number of hydrogen-bond donors (Lipinski definition) is 3. The van der Waals surface area contributed by atoms with E-state index in [9.17, 15) is 18.0 Å². The van der Waals surface area contributed by atoms with Crippen LogP contribution in [0.5, 0.6) is 5.75 Å². The van der Waals surface area contributed by atoms with Crippen molar-refractivity contribution < 1.29 is 27.5 Å². The average Bonchev–Trinajstić information content (AvgIpc) is 2.59. The van der Waals surface area contributed by atoms with E-state index in [2.05, 4.69) is 10.6 Å². The molecule has 0 bridgehead atoms. The number of amides is 2. The minimum absolute atomic E-state index is 0.0723. The van der Waals surface area contributed by atoms with Crippen LogP contribution in [0.2, 0.25) is 0 Å². The maximum Gasteiger partial charge on any atom is 0.412 e. The smallest absolute Gasteiger partial charge is 0.412 e.